The van der Waals surface area contributed by atoms with Crippen LogP contribution in [0.1, 0.15) is 58.8 Å². The summed E-state index contributed by atoms with van der Waals surface area (Å²) in [6.45, 7) is 4.16. The van der Waals surface area contributed by atoms with Crippen LogP contribution in [0.4, 0.5) is 0 Å². The summed E-state index contributed by atoms with van der Waals surface area (Å²) in [6, 6.07) is 2.33. The molecule has 6 atom stereocenters. The number of hydrogen-bond donors (Lipinski definition) is 3. The molecule has 1 heterocycles. The van der Waals surface area contributed by atoms with Crippen molar-refractivity contribution in [2.45, 2.75) is 76.5 Å². The van der Waals surface area contributed by atoms with Crippen molar-refractivity contribution in [3.8, 4) is 6.07 Å². The van der Waals surface area contributed by atoms with Crippen molar-refractivity contribution in [1.82, 2.24) is 0 Å². The SMILES string of the molecule is CCCCC(C)C(O)/C=C/C1C(O)CC2(C#N)N=C(SCCCC(=O)O)CC12. The fourth-order valence-electron chi connectivity index (χ4n) is 4.13. The van der Waals surface area contributed by atoms with E-state index in [0.29, 0.717) is 25.0 Å². The molecule has 1 aliphatic heterocycles. The largest absolute Gasteiger partial charge is 0.481 e. The topological polar surface area (TPSA) is 114 Å². The zero-order valence-corrected chi connectivity index (χ0v) is 17.6. The van der Waals surface area contributed by atoms with Gasteiger partial charge in [0, 0.05) is 31.1 Å². The van der Waals surface area contributed by atoms with E-state index in [9.17, 15) is 20.3 Å². The Bertz CT molecular complexity index is 645. The van der Waals surface area contributed by atoms with Gasteiger partial charge >= 0.3 is 5.97 Å². The molecule has 0 bridgehead atoms. The maximum Gasteiger partial charge on any atom is 0.303 e. The monoisotopic (exact) mass is 408 g/mol. The van der Waals surface area contributed by atoms with Gasteiger partial charge < -0.3 is 15.3 Å². The molecule has 0 aromatic rings. The number of aliphatic hydroxyl groups excluding tert-OH is 2. The lowest BCUT2D eigenvalue weighted by Crippen LogP contribution is -2.27. The first-order chi connectivity index (χ1) is 13.3. The normalized spacial score (nSPS) is 31.4. The van der Waals surface area contributed by atoms with Crippen molar-refractivity contribution >= 4 is 22.8 Å². The third-order valence-corrected chi connectivity index (χ3v) is 6.97. The molecule has 1 saturated carbocycles. The Balaban J connectivity index is 1.99. The number of carbonyl (C=O) groups is 1. The van der Waals surface area contributed by atoms with E-state index < -0.39 is 23.7 Å². The van der Waals surface area contributed by atoms with Gasteiger partial charge in [-0.1, -0.05) is 38.8 Å². The molecule has 3 N–H and O–H groups in total. The minimum Gasteiger partial charge on any atom is -0.481 e. The van der Waals surface area contributed by atoms with Crippen LogP contribution in [-0.4, -0.2) is 49.8 Å². The van der Waals surface area contributed by atoms with E-state index >= 15 is 0 Å². The second kappa shape index (κ2) is 10.4. The molecule has 0 saturated heterocycles. The Kier molecular flexibility index (Phi) is 8.54. The quantitative estimate of drug-likeness (QED) is 0.377. The summed E-state index contributed by atoms with van der Waals surface area (Å²) in [6.07, 6.45) is 7.23. The van der Waals surface area contributed by atoms with E-state index in [-0.39, 0.29) is 24.2 Å². The Morgan fingerprint density at radius 3 is 2.89 bits per heavy atom. The zero-order chi connectivity index (χ0) is 20.7. The van der Waals surface area contributed by atoms with Crippen LogP contribution in [0.15, 0.2) is 17.1 Å². The van der Waals surface area contributed by atoms with Crippen LogP contribution in [0.5, 0.6) is 0 Å². The number of aliphatic hydroxyl groups is 2. The molecule has 0 spiro atoms. The maximum absolute atomic E-state index is 10.6. The van der Waals surface area contributed by atoms with Crippen LogP contribution >= 0.6 is 11.8 Å². The summed E-state index contributed by atoms with van der Waals surface area (Å²) in [7, 11) is 0. The average molecular weight is 409 g/mol. The summed E-state index contributed by atoms with van der Waals surface area (Å²) in [5.74, 6) is -0.275. The van der Waals surface area contributed by atoms with Crippen molar-refractivity contribution in [3.05, 3.63) is 12.2 Å². The Morgan fingerprint density at radius 2 is 2.25 bits per heavy atom. The molecule has 1 aliphatic carbocycles. The Labute approximate surface area is 171 Å². The number of nitriles is 1. The van der Waals surface area contributed by atoms with Gasteiger partial charge in [0.1, 0.15) is 0 Å². The van der Waals surface area contributed by atoms with Gasteiger partial charge in [-0.15, -0.1) is 11.8 Å². The van der Waals surface area contributed by atoms with Gasteiger partial charge in [0.05, 0.1) is 23.3 Å². The molecule has 2 aliphatic rings. The minimum atomic E-state index is -0.900. The molecular weight excluding hydrogens is 376 g/mol. The standard InChI is InChI=1S/C21H32N2O4S/c1-3-4-6-14(2)17(24)9-8-15-16-11-19(28-10-5-7-20(26)27)23-21(16,13-22)12-18(15)25/h8-9,14-18,24-25H,3-7,10-12H2,1-2H3,(H,26,27)/b9-8+. The van der Waals surface area contributed by atoms with E-state index in [1.54, 1.807) is 6.08 Å². The summed E-state index contributed by atoms with van der Waals surface area (Å²) in [4.78, 5) is 15.3. The van der Waals surface area contributed by atoms with E-state index in [1.165, 1.54) is 11.8 Å². The number of carboxylic acids is 1. The molecule has 7 heteroatoms. The highest BCUT2D eigenvalue weighted by atomic mass is 32.2. The number of thioether (sulfide) groups is 1. The van der Waals surface area contributed by atoms with Crippen LogP contribution in [0, 0.1) is 29.1 Å². The van der Waals surface area contributed by atoms with Crippen molar-refractivity contribution in [1.29, 1.82) is 5.26 Å². The average Bonchev–Trinajstić information content (AvgIpc) is 3.13. The first-order valence-electron chi connectivity index (χ1n) is 10.2. The lowest BCUT2D eigenvalue weighted by molar-refractivity contribution is -0.137. The molecule has 156 valence electrons. The van der Waals surface area contributed by atoms with Crippen molar-refractivity contribution < 1.29 is 20.1 Å². The van der Waals surface area contributed by atoms with Crippen molar-refractivity contribution in [2.24, 2.45) is 22.7 Å². The zero-order valence-electron chi connectivity index (χ0n) is 16.8. The smallest absolute Gasteiger partial charge is 0.303 e. The molecule has 0 aromatic carbocycles. The van der Waals surface area contributed by atoms with Gasteiger partial charge in [-0.3, -0.25) is 9.79 Å². The molecule has 0 amide bonds. The molecule has 28 heavy (non-hydrogen) atoms. The first kappa shape index (κ1) is 22.9. The molecule has 1 fully saturated rings. The minimum absolute atomic E-state index is 0.0936. The first-order valence-corrected chi connectivity index (χ1v) is 11.2. The van der Waals surface area contributed by atoms with E-state index in [2.05, 4.69) is 18.0 Å². The number of hydrogen-bond acceptors (Lipinski definition) is 6. The van der Waals surface area contributed by atoms with Crippen LogP contribution in [0.3, 0.4) is 0 Å². The maximum atomic E-state index is 10.6. The van der Waals surface area contributed by atoms with Crippen LogP contribution in [0.25, 0.3) is 0 Å². The second-order valence-electron chi connectivity index (χ2n) is 8.04. The summed E-state index contributed by atoms with van der Waals surface area (Å²) < 4.78 is 0. The highest BCUT2D eigenvalue weighted by Gasteiger charge is 2.56. The van der Waals surface area contributed by atoms with Crippen molar-refractivity contribution in [3.63, 3.8) is 0 Å². The van der Waals surface area contributed by atoms with Gasteiger partial charge in [0.25, 0.3) is 0 Å². The predicted molar refractivity (Wildman–Crippen MR) is 111 cm³/mol. The van der Waals surface area contributed by atoms with Gasteiger partial charge in [0.15, 0.2) is 5.54 Å². The summed E-state index contributed by atoms with van der Waals surface area (Å²) in [5, 5.41) is 40.3. The second-order valence-corrected chi connectivity index (χ2v) is 9.21. The van der Waals surface area contributed by atoms with Gasteiger partial charge in [-0.05, 0) is 24.5 Å². The predicted octanol–water partition coefficient (Wildman–Crippen LogP) is 3.39. The lowest BCUT2D eigenvalue weighted by atomic mass is 9.84. The van der Waals surface area contributed by atoms with E-state index in [0.717, 1.165) is 24.3 Å². The Morgan fingerprint density at radius 1 is 1.50 bits per heavy atom. The molecule has 0 radical (unpaired) electrons. The number of carboxylic acid groups (broad SMARTS) is 1. The molecular formula is C21H32N2O4S. The molecule has 0 aromatic heterocycles. The summed E-state index contributed by atoms with van der Waals surface area (Å²) in [5.41, 5.74) is -0.900. The van der Waals surface area contributed by atoms with Crippen LogP contribution < -0.4 is 0 Å². The Hall–Kier alpha value is -1.36. The number of nitrogens with zero attached hydrogens (tertiary/aromatic N) is 2. The van der Waals surface area contributed by atoms with Crippen LogP contribution in [0.2, 0.25) is 0 Å². The van der Waals surface area contributed by atoms with Gasteiger partial charge in [0.2, 0.25) is 0 Å². The third-order valence-electron chi connectivity index (χ3n) is 5.89. The van der Waals surface area contributed by atoms with Gasteiger partial charge in [-0.25, -0.2) is 0 Å². The fourth-order valence-corrected chi connectivity index (χ4v) is 5.18. The fraction of sp³-hybridized carbons (Fsp3) is 0.762. The molecule has 6 unspecified atom stereocenters. The number of rotatable bonds is 10. The summed E-state index contributed by atoms with van der Waals surface area (Å²) >= 11 is 1.52. The highest BCUT2D eigenvalue weighted by molar-refractivity contribution is 8.13. The van der Waals surface area contributed by atoms with Crippen molar-refractivity contribution in [2.75, 3.05) is 5.75 Å². The highest BCUT2D eigenvalue weighted by Crippen LogP contribution is 2.50. The number of aliphatic imine (C=N–C) groups is 1. The van der Waals surface area contributed by atoms with Crippen LogP contribution in [-0.2, 0) is 4.79 Å². The lowest BCUT2D eigenvalue weighted by Gasteiger charge is -2.21. The van der Waals surface area contributed by atoms with Gasteiger partial charge in [-0.2, -0.15) is 5.26 Å². The number of fused-ring (bicyclic) bond motifs is 1. The molecule has 2 rings (SSSR count). The third kappa shape index (κ3) is 5.59. The molecule has 6 nitrogen and oxygen atoms in total. The van der Waals surface area contributed by atoms with E-state index in [1.807, 2.05) is 13.0 Å². The number of unbranched alkanes of at least 4 members (excludes halogenated alkanes) is 1. The number of aliphatic carboxylic acids is 1. The van der Waals surface area contributed by atoms with E-state index in [4.69, 9.17) is 5.11 Å².